The minimum atomic E-state index is -3.60. The first-order valence-corrected chi connectivity index (χ1v) is 12.4. The zero-order chi connectivity index (χ0) is 22.3. The van der Waals surface area contributed by atoms with Crippen LogP contribution < -0.4 is 11.1 Å². The van der Waals surface area contributed by atoms with Gasteiger partial charge in [0, 0.05) is 24.5 Å². The number of nitrogens with one attached hydrogen (secondary N) is 1. The van der Waals surface area contributed by atoms with Gasteiger partial charge in [0.2, 0.25) is 10.0 Å². The third-order valence-corrected chi connectivity index (χ3v) is 8.72. The van der Waals surface area contributed by atoms with E-state index in [-0.39, 0.29) is 23.4 Å². The van der Waals surface area contributed by atoms with Gasteiger partial charge < -0.3 is 11.1 Å². The van der Waals surface area contributed by atoms with Gasteiger partial charge in [-0.1, -0.05) is 19.1 Å². The van der Waals surface area contributed by atoms with Gasteiger partial charge in [-0.15, -0.1) is 16.4 Å². The van der Waals surface area contributed by atoms with Crippen molar-refractivity contribution in [3.63, 3.8) is 0 Å². The molecule has 8 nitrogen and oxygen atoms in total. The van der Waals surface area contributed by atoms with E-state index in [0.717, 1.165) is 28.6 Å². The Bertz CT molecular complexity index is 1270. The van der Waals surface area contributed by atoms with E-state index < -0.39 is 10.0 Å². The largest absolute Gasteiger partial charge is 0.397 e. The molecule has 0 bridgehead atoms. The number of hydrogen-bond donors (Lipinski definition) is 2. The Morgan fingerprint density at radius 1 is 1.32 bits per heavy atom. The number of nitrogens with zero attached hydrogens (tertiary/aromatic N) is 3. The topological polar surface area (TPSA) is 118 Å². The average molecular weight is 460 g/mol. The summed E-state index contributed by atoms with van der Waals surface area (Å²) in [5, 5.41) is 12.0. The van der Waals surface area contributed by atoms with Gasteiger partial charge in [-0.25, -0.2) is 8.42 Å². The van der Waals surface area contributed by atoms with Gasteiger partial charge >= 0.3 is 0 Å². The molecule has 0 spiro atoms. The van der Waals surface area contributed by atoms with E-state index in [4.69, 9.17) is 5.73 Å². The predicted octanol–water partition coefficient (Wildman–Crippen LogP) is 2.65. The number of benzene rings is 1. The van der Waals surface area contributed by atoms with Crippen molar-refractivity contribution >= 4 is 43.2 Å². The molecule has 1 unspecified atom stereocenters. The maximum absolute atomic E-state index is 13.0. The van der Waals surface area contributed by atoms with Crippen LogP contribution in [0.5, 0.6) is 0 Å². The van der Waals surface area contributed by atoms with Gasteiger partial charge in [0.1, 0.15) is 9.71 Å². The van der Waals surface area contributed by atoms with Crippen molar-refractivity contribution in [3.8, 4) is 0 Å². The van der Waals surface area contributed by atoms with Crippen molar-refractivity contribution in [2.24, 2.45) is 0 Å². The summed E-state index contributed by atoms with van der Waals surface area (Å²) in [6, 6.07) is 6.72. The van der Waals surface area contributed by atoms with Crippen LogP contribution in [-0.2, 0) is 16.4 Å². The molecule has 31 heavy (non-hydrogen) atoms. The molecule has 3 aromatic rings. The first-order chi connectivity index (χ1) is 14.7. The fraction of sp³-hybridized carbons (Fsp3) is 0.381. The molecule has 1 aliphatic heterocycles. The molecule has 0 saturated carbocycles. The summed E-state index contributed by atoms with van der Waals surface area (Å²) in [6.45, 7) is 6.33. The van der Waals surface area contributed by atoms with Gasteiger partial charge in [-0.2, -0.15) is 9.40 Å². The molecule has 1 saturated heterocycles. The number of hydrogen-bond acceptors (Lipinski definition) is 7. The third kappa shape index (κ3) is 3.90. The molecule has 3 N–H and O–H groups in total. The number of anilines is 1. The second-order valence-electron chi connectivity index (χ2n) is 7.76. The molecule has 0 radical (unpaired) electrons. The Labute approximate surface area is 185 Å². The molecule has 1 aliphatic rings. The zero-order valence-electron chi connectivity index (χ0n) is 17.7. The molecule has 0 aliphatic carbocycles. The maximum atomic E-state index is 13.0. The Balaban J connectivity index is 1.50. The predicted molar refractivity (Wildman–Crippen MR) is 122 cm³/mol. The van der Waals surface area contributed by atoms with Crippen molar-refractivity contribution in [3.05, 3.63) is 46.0 Å². The van der Waals surface area contributed by atoms with Crippen LogP contribution in [0.2, 0.25) is 0 Å². The van der Waals surface area contributed by atoms with Crippen molar-refractivity contribution < 1.29 is 13.2 Å². The normalized spacial score (nSPS) is 17.3. The number of aromatic nitrogens is 2. The van der Waals surface area contributed by atoms with E-state index in [1.54, 1.807) is 18.2 Å². The monoisotopic (exact) mass is 459 g/mol. The maximum Gasteiger partial charge on any atom is 0.263 e. The lowest BCUT2D eigenvalue weighted by atomic mass is 10.1. The average Bonchev–Trinajstić information content (AvgIpc) is 3.36. The molecule has 1 amide bonds. The van der Waals surface area contributed by atoms with Crippen LogP contribution in [0.3, 0.4) is 0 Å². The van der Waals surface area contributed by atoms with E-state index in [1.165, 1.54) is 15.6 Å². The summed E-state index contributed by atoms with van der Waals surface area (Å²) in [5.41, 5.74) is 9.30. The summed E-state index contributed by atoms with van der Waals surface area (Å²) < 4.78 is 27.5. The van der Waals surface area contributed by atoms with Crippen LogP contribution >= 0.6 is 11.3 Å². The highest BCUT2D eigenvalue weighted by molar-refractivity contribution is 7.89. The second-order valence-corrected chi connectivity index (χ2v) is 10.7. The van der Waals surface area contributed by atoms with Crippen molar-refractivity contribution in [2.45, 2.75) is 44.6 Å². The molecular formula is C21H25N5O3S2. The summed E-state index contributed by atoms with van der Waals surface area (Å²) >= 11 is 1.20. The van der Waals surface area contributed by atoms with E-state index in [2.05, 4.69) is 15.5 Å². The Morgan fingerprint density at radius 2 is 2.10 bits per heavy atom. The molecule has 3 heterocycles. The van der Waals surface area contributed by atoms with E-state index >= 15 is 0 Å². The number of carbonyl (C=O) groups is 1. The standard InChI is InChI=1S/C21H25N5O3S2/c1-4-14-6-5-7-16(10-14)31(28,29)26-9-8-15(11-26)23-20(27)19-18(22)17-12(2)13(3)24-25-21(17)30-19/h5-7,10,15H,4,8-9,11,22H2,1-3H3,(H,23,27). The molecule has 1 fully saturated rings. The SMILES string of the molecule is CCc1cccc(S(=O)(=O)N2CCC(NC(=O)c3sc4nnc(C)c(C)c4c3N)C2)c1. The van der Waals surface area contributed by atoms with Crippen LogP contribution in [0.4, 0.5) is 5.69 Å². The van der Waals surface area contributed by atoms with Crippen molar-refractivity contribution in [1.82, 2.24) is 19.8 Å². The van der Waals surface area contributed by atoms with Crippen LogP contribution in [0.1, 0.15) is 39.8 Å². The van der Waals surface area contributed by atoms with Gasteiger partial charge in [0.15, 0.2) is 0 Å². The summed E-state index contributed by atoms with van der Waals surface area (Å²) in [4.78, 5) is 14.2. The number of thiophene rings is 1. The molecule has 164 valence electrons. The number of carbonyl (C=O) groups excluding carboxylic acids is 1. The molecule has 1 atom stereocenters. The molecule has 1 aromatic carbocycles. The van der Waals surface area contributed by atoms with E-state index in [9.17, 15) is 13.2 Å². The minimum absolute atomic E-state index is 0.229. The number of nitrogen functional groups attached to an aromatic ring is 1. The zero-order valence-corrected chi connectivity index (χ0v) is 19.3. The number of amides is 1. The van der Waals surface area contributed by atoms with E-state index in [0.29, 0.717) is 28.4 Å². The van der Waals surface area contributed by atoms with E-state index in [1.807, 2.05) is 26.8 Å². The fourth-order valence-corrected chi connectivity index (χ4v) is 6.37. The van der Waals surface area contributed by atoms with Crippen LogP contribution in [-0.4, -0.2) is 48.0 Å². The third-order valence-electron chi connectivity index (χ3n) is 5.77. The molecular weight excluding hydrogens is 434 g/mol. The second kappa shape index (κ2) is 8.18. The fourth-order valence-electron chi connectivity index (χ4n) is 3.80. The number of fused-ring (bicyclic) bond motifs is 1. The van der Waals surface area contributed by atoms with Crippen LogP contribution in [0.15, 0.2) is 29.2 Å². The van der Waals surface area contributed by atoms with Crippen LogP contribution in [0, 0.1) is 13.8 Å². The smallest absolute Gasteiger partial charge is 0.263 e. The lowest BCUT2D eigenvalue weighted by Crippen LogP contribution is -2.38. The first kappa shape index (κ1) is 21.7. The van der Waals surface area contributed by atoms with Gasteiger partial charge in [-0.3, -0.25) is 4.79 Å². The van der Waals surface area contributed by atoms with Gasteiger partial charge in [0.25, 0.3) is 5.91 Å². The Morgan fingerprint density at radius 3 is 2.84 bits per heavy atom. The number of nitrogens with two attached hydrogens (primary N) is 1. The minimum Gasteiger partial charge on any atom is -0.397 e. The summed E-state index contributed by atoms with van der Waals surface area (Å²) in [6.07, 6.45) is 1.31. The first-order valence-electron chi connectivity index (χ1n) is 10.1. The van der Waals surface area contributed by atoms with Gasteiger partial charge in [0.05, 0.1) is 16.3 Å². The number of aryl methyl sites for hydroxylation is 3. The number of rotatable bonds is 5. The Hall–Kier alpha value is -2.56. The molecule has 2 aromatic heterocycles. The highest BCUT2D eigenvalue weighted by Crippen LogP contribution is 2.35. The highest BCUT2D eigenvalue weighted by Gasteiger charge is 2.34. The van der Waals surface area contributed by atoms with Gasteiger partial charge in [-0.05, 0) is 49.9 Å². The number of sulfonamides is 1. The van der Waals surface area contributed by atoms with Crippen molar-refractivity contribution in [2.75, 3.05) is 18.8 Å². The Kier molecular flexibility index (Phi) is 5.71. The van der Waals surface area contributed by atoms with Crippen molar-refractivity contribution in [1.29, 1.82) is 0 Å². The van der Waals surface area contributed by atoms with Crippen LogP contribution in [0.25, 0.3) is 10.2 Å². The highest BCUT2D eigenvalue weighted by atomic mass is 32.2. The lowest BCUT2D eigenvalue weighted by Gasteiger charge is -2.17. The lowest BCUT2D eigenvalue weighted by molar-refractivity contribution is 0.0944. The quantitative estimate of drug-likeness (QED) is 0.606. The molecule has 4 rings (SSSR count). The summed E-state index contributed by atoms with van der Waals surface area (Å²) in [5.74, 6) is -0.310. The summed E-state index contributed by atoms with van der Waals surface area (Å²) in [7, 11) is -3.60. The molecule has 10 heteroatoms.